The van der Waals surface area contributed by atoms with Crippen molar-refractivity contribution in [1.82, 2.24) is 5.32 Å². The van der Waals surface area contributed by atoms with Crippen LogP contribution in [0.1, 0.15) is 12.8 Å². The van der Waals surface area contributed by atoms with Gasteiger partial charge in [0.2, 0.25) is 0 Å². The first-order valence-electron chi connectivity index (χ1n) is 3.82. The van der Waals surface area contributed by atoms with E-state index in [4.69, 9.17) is 5.73 Å². The van der Waals surface area contributed by atoms with Crippen molar-refractivity contribution in [3.05, 3.63) is 0 Å². The molecule has 2 heteroatoms. The van der Waals surface area contributed by atoms with Gasteiger partial charge in [-0.3, -0.25) is 0 Å². The second-order valence-corrected chi connectivity index (χ2v) is 3.41. The predicted molar refractivity (Wildman–Crippen MR) is 37.1 cm³/mol. The Morgan fingerprint density at radius 2 is 1.67 bits per heavy atom. The van der Waals surface area contributed by atoms with Crippen molar-refractivity contribution in [2.45, 2.75) is 18.9 Å². The van der Waals surface area contributed by atoms with Gasteiger partial charge >= 0.3 is 0 Å². The quantitative estimate of drug-likeness (QED) is 0.477. The zero-order valence-corrected chi connectivity index (χ0v) is 5.64. The van der Waals surface area contributed by atoms with Crippen molar-refractivity contribution >= 4 is 0 Å². The molecule has 1 aliphatic heterocycles. The third kappa shape index (κ3) is 0.864. The average molecular weight is 126 g/mol. The maximum absolute atomic E-state index is 5.80. The van der Waals surface area contributed by atoms with Gasteiger partial charge in [-0.25, -0.2) is 0 Å². The highest BCUT2D eigenvalue weighted by Gasteiger charge is 2.35. The Kier molecular flexibility index (Phi) is 1.24. The molecule has 0 aromatic heterocycles. The van der Waals surface area contributed by atoms with E-state index in [1.165, 1.54) is 25.9 Å². The lowest BCUT2D eigenvalue weighted by Crippen LogP contribution is -2.20. The maximum Gasteiger partial charge on any atom is 0.00452 e. The third-order valence-corrected chi connectivity index (χ3v) is 2.69. The van der Waals surface area contributed by atoms with Gasteiger partial charge < -0.3 is 11.1 Å². The Labute approximate surface area is 55.8 Å². The number of nitrogens with one attached hydrogen (secondary N) is 1. The van der Waals surface area contributed by atoms with E-state index in [1.54, 1.807) is 0 Å². The van der Waals surface area contributed by atoms with Crippen LogP contribution in [0.5, 0.6) is 0 Å². The number of hydrogen-bond acceptors (Lipinski definition) is 2. The molecule has 0 spiro atoms. The van der Waals surface area contributed by atoms with Crippen LogP contribution in [0.2, 0.25) is 0 Å². The first-order valence-corrected chi connectivity index (χ1v) is 3.82. The third-order valence-electron chi connectivity index (χ3n) is 2.69. The van der Waals surface area contributed by atoms with Gasteiger partial charge in [0.15, 0.2) is 0 Å². The smallest absolute Gasteiger partial charge is 0.00452 e. The molecule has 0 unspecified atom stereocenters. The first kappa shape index (κ1) is 5.69. The zero-order chi connectivity index (χ0) is 6.27. The number of nitrogens with two attached hydrogens (primary N) is 1. The Hall–Kier alpha value is -0.0800. The zero-order valence-electron chi connectivity index (χ0n) is 5.64. The summed E-state index contributed by atoms with van der Waals surface area (Å²) in [7, 11) is 0. The van der Waals surface area contributed by atoms with Gasteiger partial charge in [-0.2, -0.15) is 0 Å². The Morgan fingerprint density at radius 1 is 1.11 bits per heavy atom. The average Bonchev–Trinajstić information content (AvgIpc) is 2.22. The van der Waals surface area contributed by atoms with Crippen LogP contribution in [-0.4, -0.2) is 19.1 Å². The van der Waals surface area contributed by atoms with Crippen LogP contribution >= 0.6 is 0 Å². The SMILES string of the molecule is NC1C[C@H]2CNC[C@@H]2C1. The molecule has 0 aromatic rings. The molecule has 52 valence electrons. The van der Waals surface area contributed by atoms with Crippen LogP contribution < -0.4 is 11.1 Å². The summed E-state index contributed by atoms with van der Waals surface area (Å²) in [5.74, 6) is 1.83. The fraction of sp³-hybridized carbons (Fsp3) is 1.00. The van der Waals surface area contributed by atoms with E-state index in [2.05, 4.69) is 5.32 Å². The summed E-state index contributed by atoms with van der Waals surface area (Å²) in [5.41, 5.74) is 5.80. The monoisotopic (exact) mass is 126 g/mol. The summed E-state index contributed by atoms with van der Waals surface area (Å²) in [6.07, 6.45) is 2.52. The highest BCUT2D eigenvalue weighted by Crippen LogP contribution is 2.32. The lowest BCUT2D eigenvalue weighted by molar-refractivity contribution is 0.494. The lowest BCUT2D eigenvalue weighted by Gasteiger charge is -2.02. The molecule has 1 heterocycles. The molecule has 0 bridgehead atoms. The molecule has 1 saturated heterocycles. The van der Waals surface area contributed by atoms with Crippen LogP contribution in [0.3, 0.4) is 0 Å². The molecule has 0 aromatic carbocycles. The summed E-state index contributed by atoms with van der Waals surface area (Å²) in [4.78, 5) is 0. The summed E-state index contributed by atoms with van der Waals surface area (Å²) >= 11 is 0. The fourth-order valence-electron chi connectivity index (χ4n) is 2.21. The maximum atomic E-state index is 5.80. The van der Waals surface area contributed by atoms with Gasteiger partial charge in [-0.1, -0.05) is 0 Å². The molecule has 1 saturated carbocycles. The van der Waals surface area contributed by atoms with Gasteiger partial charge in [0.25, 0.3) is 0 Å². The van der Waals surface area contributed by atoms with Gasteiger partial charge in [-0.15, -0.1) is 0 Å². The topological polar surface area (TPSA) is 38.0 Å². The minimum Gasteiger partial charge on any atom is -0.328 e. The molecule has 2 fully saturated rings. The molecule has 2 atom stereocenters. The fourth-order valence-corrected chi connectivity index (χ4v) is 2.21. The standard InChI is InChI=1S/C7H14N2/c8-7-1-5-3-9-4-6(5)2-7/h5-7,9H,1-4,8H2/t5-,6-/m0/s1. The largest absolute Gasteiger partial charge is 0.328 e. The van der Waals surface area contributed by atoms with Gasteiger partial charge in [-0.05, 0) is 37.8 Å². The molecule has 2 nitrogen and oxygen atoms in total. The summed E-state index contributed by atoms with van der Waals surface area (Å²) in [6.45, 7) is 2.44. The van der Waals surface area contributed by atoms with Crippen LogP contribution in [0.15, 0.2) is 0 Å². The number of rotatable bonds is 0. The minimum absolute atomic E-state index is 0.516. The van der Waals surface area contributed by atoms with Gasteiger partial charge in [0.1, 0.15) is 0 Å². The van der Waals surface area contributed by atoms with Crippen LogP contribution in [0.4, 0.5) is 0 Å². The second-order valence-electron chi connectivity index (χ2n) is 3.41. The molecule has 1 aliphatic carbocycles. The summed E-state index contributed by atoms with van der Waals surface area (Å²) in [5, 5.41) is 3.39. The van der Waals surface area contributed by atoms with Crippen molar-refractivity contribution in [2.75, 3.05) is 13.1 Å². The van der Waals surface area contributed by atoms with Crippen LogP contribution in [-0.2, 0) is 0 Å². The van der Waals surface area contributed by atoms with E-state index in [-0.39, 0.29) is 0 Å². The molecule has 9 heavy (non-hydrogen) atoms. The molecule has 3 N–H and O–H groups in total. The molecule has 0 radical (unpaired) electrons. The molecular weight excluding hydrogens is 112 g/mol. The van der Waals surface area contributed by atoms with E-state index in [1.807, 2.05) is 0 Å². The van der Waals surface area contributed by atoms with Crippen molar-refractivity contribution < 1.29 is 0 Å². The van der Waals surface area contributed by atoms with Crippen molar-refractivity contribution in [1.29, 1.82) is 0 Å². The van der Waals surface area contributed by atoms with E-state index >= 15 is 0 Å². The highest BCUT2D eigenvalue weighted by molar-refractivity contribution is 4.91. The van der Waals surface area contributed by atoms with E-state index in [9.17, 15) is 0 Å². The predicted octanol–water partition coefficient (Wildman–Crippen LogP) is -0.0569. The van der Waals surface area contributed by atoms with Crippen molar-refractivity contribution in [3.8, 4) is 0 Å². The van der Waals surface area contributed by atoms with Crippen LogP contribution in [0, 0.1) is 11.8 Å². The van der Waals surface area contributed by atoms with E-state index in [0.29, 0.717) is 6.04 Å². The van der Waals surface area contributed by atoms with Crippen molar-refractivity contribution in [3.63, 3.8) is 0 Å². The Morgan fingerprint density at radius 3 is 2.22 bits per heavy atom. The second kappa shape index (κ2) is 1.96. The van der Waals surface area contributed by atoms with Gasteiger partial charge in [0.05, 0.1) is 0 Å². The molecule has 2 aliphatic rings. The number of hydrogen-bond donors (Lipinski definition) is 2. The van der Waals surface area contributed by atoms with E-state index in [0.717, 1.165) is 11.8 Å². The summed E-state index contributed by atoms with van der Waals surface area (Å²) < 4.78 is 0. The Balaban J connectivity index is 2.02. The van der Waals surface area contributed by atoms with E-state index < -0.39 is 0 Å². The highest BCUT2D eigenvalue weighted by atomic mass is 14.9. The molecule has 2 rings (SSSR count). The summed E-state index contributed by atoms with van der Waals surface area (Å²) in [6, 6.07) is 0.516. The Bertz CT molecular complexity index is 101. The number of fused-ring (bicyclic) bond motifs is 1. The minimum atomic E-state index is 0.516. The molecule has 0 amide bonds. The molecular formula is C7H14N2. The normalized spacial score (nSPS) is 43.7. The van der Waals surface area contributed by atoms with Gasteiger partial charge in [0, 0.05) is 6.04 Å². The lowest BCUT2D eigenvalue weighted by atomic mass is 10.0. The first-order chi connectivity index (χ1) is 4.36. The van der Waals surface area contributed by atoms with Crippen LogP contribution in [0.25, 0.3) is 0 Å². The van der Waals surface area contributed by atoms with Crippen molar-refractivity contribution in [2.24, 2.45) is 17.6 Å².